The number of Topliss-reactive ketones (excluding diaryl/α,β-unsaturated/α-hetero) is 1. The molecule has 0 spiro atoms. The minimum absolute atomic E-state index is 0.104. The Labute approximate surface area is 189 Å². The summed E-state index contributed by atoms with van der Waals surface area (Å²) in [6, 6.07) is 15.3. The summed E-state index contributed by atoms with van der Waals surface area (Å²) in [5.41, 5.74) is 5.52. The van der Waals surface area contributed by atoms with Crippen molar-refractivity contribution in [2.24, 2.45) is 5.41 Å². The maximum Gasteiger partial charge on any atom is 0.254 e. The molecule has 32 heavy (non-hydrogen) atoms. The number of nitrogens with one attached hydrogen (secondary N) is 2. The second-order valence-corrected chi connectivity index (χ2v) is 9.44. The Balaban J connectivity index is 1.83. The van der Waals surface area contributed by atoms with Crippen molar-refractivity contribution in [3.05, 3.63) is 82.2 Å². The summed E-state index contributed by atoms with van der Waals surface area (Å²) in [6.45, 7) is 8.17. The lowest BCUT2D eigenvalue weighted by Gasteiger charge is -2.40. The van der Waals surface area contributed by atoms with Crippen LogP contribution in [0.15, 0.2) is 71.1 Å². The summed E-state index contributed by atoms with van der Waals surface area (Å²) in [5, 5.41) is 6.43. The van der Waals surface area contributed by atoms with Gasteiger partial charge in [-0.05, 0) is 48.9 Å². The summed E-state index contributed by atoms with van der Waals surface area (Å²) >= 11 is 0. The Morgan fingerprint density at radius 2 is 1.75 bits per heavy atom. The lowest BCUT2D eigenvalue weighted by Crippen LogP contribution is -2.39. The van der Waals surface area contributed by atoms with Crippen LogP contribution in [0, 0.1) is 12.3 Å². The van der Waals surface area contributed by atoms with E-state index in [1.807, 2.05) is 62.4 Å². The number of allylic oxidation sites excluding steroid dienone is 3. The third kappa shape index (κ3) is 3.95. The molecule has 1 amide bonds. The lowest BCUT2D eigenvalue weighted by molar-refractivity contribution is -0.118. The number of aryl methyl sites for hydroxylation is 1. The SMILES string of the molecule is COc1ccccc1NC(=O)C1=C(C)NC2=C(C(=O)CC(C)(C)C2)[C@H]1c1ccccc1C. The standard InChI is InChI=1S/C27H30N2O3/c1-16-10-6-7-11-18(16)24-23(26(31)29-19-12-8-9-13-22(19)32-5)17(2)28-20-14-27(3,4)15-21(30)25(20)24/h6-13,24,28H,14-15H2,1-5H3,(H,29,31)/t24-/m0/s1. The molecule has 1 aliphatic carbocycles. The van der Waals surface area contributed by atoms with Gasteiger partial charge in [0.05, 0.1) is 12.8 Å². The van der Waals surface area contributed by atoms with Gasteiger partial charge in [0.2, 0.25) is 0 Å². The smallest absolute Gasteiger partial charge is 0.254 e. The van der Waals surface area contributed by atoms with Gasteiger partial charge in [-0.15, -0.1) is 0 Å². The number of carbonyl (C=O) groups excluding carboxylic acids is 2. The van der Waals surface area contributed by atoms with Crippen molar-refractivity contribution >= 4 is 17.4 Å². The molecule has 1 atom stereocenters. The zero-order chi connectivity index (χ0) is 23.0. The van der Waals surface area contributed by atoms with Crippen LogP contribution in [0.25, 0.3) is 0 Å². The molecule has 0 aromatic heterocycles. The van der Waals surface area contributed by atoms with E-state index in [0.29, 0.717) is 23.4 Å². The Morgan fingerprint density at radius 1 is 1.06 bits per heavy atom. The van der Waals surface area contributed by atoms with Gasteiger partial charge < -0.3 is 15.4 Å². The molecule has 2 aromatic carbocycles. The summed E-state index contributed by atoms with van der Waals surface area (Å²) in [5.74, 6) is 0.0421. The van der Waals surface area contributed by atoms with Gasteiger partial charge in [0.1, 0.15) is 5.75 Å². The molecular formula is C27H30N2O3. The molecule has 0 unspecified atom stereocenters. The van der Waals surface area contributed by atoms with E-state index in [1.54, 1.807) is 7.11 Å². The molecule has 0 saturated carbocycles. The maximum absolute atomic E-state index is 13.7. The molecule has 5 nitrogen and oxygen atoms in total. The number of ketones is 1. The second-order valence-electron chi connectivity index (χ2n) is 9.44. The summed E-state index contributed by atoms with van der Waals surface area (Å²) in [4.78, 5) is 27.1. The molecule has 1 aliphatic heterocycles. The Bertz CT molecular complexity index is 1160. The molecular weight excluding hydrogens is 400 g/mol. The van der Waals surface area contributed by atoms with Gasteiger partial charge in [-0.2, -0.15) is 0 Å². The molecule has 4 rings (SSSR count). The third-order valence-electron chi connectivity index (χ3n) is 6.34. The number of hydrogen-bond acceptors (Lipinski definition) is 4. The zero-order valence-electron chi connectivity index (χ0n) is 19.3. The molecule has 2 aromatic rings. The van der Waals surface area contributed by atoms with Crippen LogP contribution in [0.5, 0.6) is 5.75 Å². The number of ether oxygens (including phenoxy) is 1. The average molecular weight is 431 g/mol. The van der Waals surface area contributed by atoms with Gasteiger partial charge in [0.25, 0.3) is 5.91 Å². The van der Waals surface area contributed by atoms with E-state index < -0.39 is 5.92 Å². The maximum atomic E-state index is 13.7. The van der Waals surface area contributed by atoms with E-state index in [1.165, 1.54) is 0 Å². The first kappa shape index (κ1) is 21.9. The summed E-state index contributed by atoms with van der Waals surface area (Å²) in [7, 11) is 1.58. The Hall–Kier alpha value is -3.34. The number of dihydropyridines is 1. The number of benzene rings is 2. The van der Waals surface area contributed by atoms with Crippen molar-refractivity contribution in [3.8, 4) is 5.75 Å². The molecule has 0 fully saturated rings. The van der Waals surface area contributed by atoms with Crippen LogP contribution in [0.4, 0.5) is 5.69 Å². The number of methoxy groups -OCH3 is 1. The normalized spacial score (nSPS) is 19.9. The van der Waals surface area contributed by atoms with Gasteiger partial charge in [-0.25, -0.2) is 0 Å². The van der Waals surface area contributed by atoms with Crippen LogP contribution in [0.1, 0.15) is 50.7 Å². The van der Waals surface area contributed by atoms with Crippen LogP contribution >= 0.6 is 0 Å². The summed E-state index contributed by atoms with van der Waals surface area (Å²) in [6.07, 6.45) is 1.24. The number of para-hydroxylation sites is 2. The quantitative estimate of drug-likeness (QED) is 0.696. The molecule has 0 saturated heterocycles. The van der Waals surface area contributed by atoms with Crippen LogP contribution in [0.2, 0.25) is 0 Å². The highest BCUT2D eigenvalue weighted by molar-refractivity contribution is 6.10. The number of anilines is 1. The lowest BCUT2D eigenvalue weighted by atomic mass is 9.68. The fraction of sp³-hybridized carbons (Fsp3) is 0.333. The fourth-order valence-electron chi connectivity index (χ4n) is 4.90. The molecule has 1 heterocycles. The monoisotopic (exact) mass is 430 g/mol. The van der Waals surface area contributed by atoms with E-state index in [-0.39, 0.29) is 17.1 Å². The highest BCUT2D eigenvalue weighted by Crippen LogP contribution is 2.47. The zero-order valence-corrected chi connectivity index (χ0v) is 19.3. The van der Waals surface area contributed by atoms with Crippen LogP contribution in [0.3, 0.4) is 0 Å². The second kappa shape index (κ2) is 8.30. The van der Waals surface area contributed by atoms with Crippen molar-refractivity contribution < 1.29 is 14.3 Å². The topological polar surface area (TPSA) is 67.4 Å². The van der Waals surface area contributed by atoms with Crippen molar-refractivity contribution in [2.45, 2.75) is 46.5 Å². The van der Waals surface area contributed by atoms with Gasteiger partial charge in [0.15, 0.2) is 5.78 Å². The van der Waals surface area contributed by atoms with E-state index >= 15 is 0 Å². The highest BCUT2D eigenvalue weighted by atomic mass is 16.5. The van der Waals surface area contributed by atoms with Crippen LogP contribution in [-0.4, -0.2) is 18.8 Å². The summed E-state index contributed by atoms with van der Waals surface area (Å²) < 4.78 is 5.41. The number of amides is 1. The first-order valence-electron chi connectivity index (χ1n) is 11.0. The predicted molar refractivity (Wildman–Crippen MR) is 126 cm³/mol. The molecule has 5 heteroatoms. The van der Waals surface area contributed by atoms with Crippen molar-refractivity contribution in [3.63, 3.8) is 0 Å². The third-order valence-corrected chi connectivity index (χ3v) is 6.34. The fourth-order valence-corrected chi connectivity index (χ4v) is 4.90. The minimum Gasteiger partial charge on any atom is -0.495 e. The van der Waals surface area contributed by atoms with E-state index in [9.17, 15) is 9.59 Å². The van der Waals surface area contributed by atoms with E-state index in [4.69, 9.17) is 4.74 Å². The van der Waals surface area contributed by atoms with Crippen molar-refractivity contribution in [2.75, 3.05) is 12.4 Å². The number of rotatable bonds is 4. The van der Waals surface area contributed by atoms with Gasteiger partial charge >= 0.3 is 0 Å². The van der Waals surface area contributed by atoms with Crippen molar-refractivity contribution in [1.29, 1.82) is 0 Å². The van der Waals surface area contributed by atoms with E-state index in [0.717, 1.165) is 34.5 Å². The Kier molecular flexibility index (Phi) is 5.68. The number of carbonyl (C=O) groups is 2. The molecule has 0 radical (unpaired) electrons. The van der Waals surface area contributed by atoms with Gasteiger partial charge in [-0.3, -0.25) is 9.59 Å². The predicted octanol–water partition coefficient (Wildman–Crippen LogP) is 5.25. The average Bonchev–Trinajstić information content (AvgIpc) is 2.72. The van der Waals surface area contributed by atoms with Crippen molar-refractivity contribution in [1.82, 2.24) is 5.32 Å². The van der Waals surface area contributed by atoms with Gasteiger partial charge in [0, 0.05) is 34.9 Å². The number of hydrogen-bond donors (Lipinski definition) is 2. The molecule has 2 aliphatic rings. The first-order chi connectivity index (χ1) is 15.2. The van der Waals surface area contributed by atoms with Crippen LogP contribution in [-0.2, 0) is 9.59 Å². The highest BCUT2D eigenvalue weighted by Gasteiger charge is 2.43. The molecule has 166 valence electrons. The Morgan fingerprint density at radius 3 is 2.47 bits per heavy atom. The van der Waals surface area contributed by atoms with Crippen LogP contribution < -0.4 is 15.4 Å². The first-order valence-corrected chi connectivity index (χ1v) is 11.0. The van der Waals surface area contributed by atoms with E-state index in [2.05, 4.69) is 24.5 Å². The largest absolute Gasteiger partial charge is 0.495 e. The van der Waals surface area contributed by atoms with Gasteiger partial charge in [-0.1, -0.05) is 50.2 Å². The molecule has 0 bridgehead atoms. The molecule has 2 N–H and O–H groups in total. The minimum atomic E-state index is -0.411.